The van der Waals surface area contributed by atoms with Crippen LogP contribution in [0.5, 0.6) is 0 Å². The number of nitrogens with one attached hydrogen (secondary N) is 1. The molecule has 1 aromatic carbocycles. The minimum Gasteiger partial charge on any atom is -0.396 e. The van der Waals surface area contributed by atoms with Crippen LogP contribution in [-0.4, -0.2) is 47.6 Å². The van der Waals surface area contributed by atoms with Gasteiger partial charge in [-0.05, 0) is 31.9 Å². The number of nitrogens with zero attached hydrogens (tertiary/aromatic N) is 2. The van der Waals surface area contributed by atoms with Crippen molar-refractivity contribution in [2.45, 2.75) is 25.8 Å². The van der Waals surface area contributed by atoms with E-state index in [0.29, 0.717) is 24.1 Å². The fraction of sp³-hybridized carbons (Fsp3) is 0.500. The molecule has 1 unspecified atom stereocenters. The van der Waals surface area contributed by atoms with Crippen LogP contribution in [0.3, 0.4) is 0 Å². The lowest BCUT2D eigenvalue weighted by molar-refractivity contribution is -0.384. The Kier molecular flexibility index (Phi) is 6.10. The fourth-order valence-electron chi connectivity index (χ4n) is 1.94. The number of carbonyl (C=O) groups excluding carboxylic acids is 1. The van der Waals surface area contributed by atoms with Crippen LogP contribution < -0.4 is 5.32 Å². The van der Waals surface area contributed by atoms with Crippen LogP contribution in [0.1, 0.15) is 30.1 Å². The van der Waals surface area contributed by atoms with Crippen LogP contribution in [0.2, 0.25) is 0 Å². The number of rotatable bonds is 7. The number of anilines is 1. The molecule has 1 rings (SSSR count). The Morgan fingerprint density at radius 1 is 1.48 bits per heavy atom. The molecular formula is C14H21N3O4. The second-order valence-electron chi connectivity index (χ2n) is 5.10. The molecule has 2 N–H and O–H groups in total. The van der Waals surface area contributed by atoms with Crippen LogP contribution in [0.4, 0.5) is 11.4 Å². The summed E-state index contributed by atoms with van der Waals surface area (Å²) in [5.74, 6) is -0.212. The number of benzene rings is 1. The third kappa shape index (κ3) is 4.71. The van der Waals surface area contributed by atoms with Gasteiger partial charge in [-0.1, -0.05) is 0 Å². The van der Waals surface area contributed by atoms with E-state index < -0.39 is 4.92 Å². The zero-order valence-corrected chi connectivity index (χ0v) is 12.5. The molecule has 0 spiro atoms. The number of amides is 1. The van der Waals surface area contributed by atoms with E-state index in [-0.39, 0.29) is 24.2 Å². The number of carbonyl (C=O) groups is 1. The van der Waals surface area contributed by atoms with Gasteiger partial charge in [-0.2, -0.15) is 0 Å². The van der Waals surface area contributed by atoms with Gasteiger partial charge in [-0.15, -0.1) is 0 Å². The largest absolute Gasteiger partial charge is 0.396 e. The highest BCUT2D eigenvalue weighted by Gasteiger charge is 2.18. The number of hydrogen-bond donors (Lipinski definition) is 2. The SMILES string of the molecule is CC(CCCO)Nc1cc(C(=O)N(C)C)ccc1[N+](=O)[O-]. The lowest BCUT2D eigenvalue weighted by atomic mass is 10.1. The topological polar surface area (TPSA) is 95.7 Å². The summed E-state index contributed by atoms with van der Waals surface area (Å²) in [6.07, 6.45) is 1.29. The third-order valence-electron chi connectivity index (χ3n) is 3.04. The normalized spacial score (nSPS) is 11.8. The zero-order chi connectivity index (χ0) is 16.0. The molecule has 1 amide bonds. The Morgan fingerprint density at radius 2 is 2.14 bits per heavy atom. The molecule has 0 saturated carbocycles. The van der Waals surface area contributed by atoms with Crippen molar-refractivity contribution in [1.29, 1.82) is 0 Å². The maximum atomic E-state index is 11.9. The minimum absolute atomic E-state index is 0.0411. The summed E-state index contributed by atoms with van der Waals surface area (Å²) in [5.41, 5.74) is 0.641. The summed E-state index contributed by atoms with van der Waals surface area (Å²) in [7, 11) is 3.25. The van der Waals surface area contributed by atoms with E-state index in [1.165, 1.54) is 23.1 Å². The van der Waals surface area contributed by atoms with Gasteiger partial charge >= 0.3 is 0 Å². The van der Waals surface area contributed by atoms with Crippen molar-refractivity contribution < 1.29 is 14.8 Å². The van der Waals surface area contributed by atoms with Crippen molar-refractivity contribution in [1.82, 2.24) is 4.90 Å². The second kappa shape index (κ2) is 7.58. The Balaban J connectivity index is 3.04. The first-order valence-corrected chi connectivity index (χ1v) is 6.74. The smallest absolute Gasteiger partial charge is 0.292 e. The zero-order valence-electron chi connectivity index (χ0n) is 12.5. The maximum absolute atomic E-state index is 11.9. The number of hydrogen-bond acceptors (Lipinski definition) is 5. The number of aliphatic hydroxyl groups excluding tert-OH is 1. The molecule has 0 aliphatic carbocycles. The molecule has 0 aromatic heterocycles. The molecule has 0 aliphatic rings. The van der Waals surface area contributed by atoms with E-state index in [2.05, 4.69) is 5.32 Å². The van der Waals surface area contributed by atoms with Gasteiger partial charge in [0.05, 0.1) is 4.92 Å². The van der Waals surface area contributed by atoms with Gasteiger partial charge in [-0.3, -0.25) is 14.9 Å². The standard InChI is InChI=1S/C14H21N3O4/c1-10(5-4-8-18)15-12-9-11(14(19)16(2)3)6-7-13(12)17(20)21/h6-7,9-10,15,18H,4-5,8H2,1-3H3. The molecule has 0 radical (unpaired) electrons. The Labute approximate surface area is 123 Å². The monoisotopic (exact) mass is 295 g/mol. The quantitative estimate of drug-likeness (QED) is 0.591. The van der Waals surface area contributed by atoms with Crippen molar-refractivity contribution in [3.8, 4) is 0 Å². The van der Waals surface area contributed by atoms with Crippen LogP contribution >= 0.6 is 0 Å². The molecule has 7 nitrogen and oxygen atoms in total. The lowest BCUT2D eigenvalue weighted by Gasteiger charge is -2.16. The molecule has 7 heteroatoms. The Bertz CT molecular complexity index is 517. The van der Waals surface area contributed by atoms with Crippen LogP contribution in [0, 0.1) is 10.1 Å². The second-order valence-corrected chi connectivity index (χ2v) is 5.10. The average Bonchev–Trinajstić information content (AvgIpc) is 2.43. The molecule has 21 heavy (non-hydrogen) atoms. The maximum Gasteiger partial charge on any atom is 0.292 e. The minimum atomic E-state index is -0.481. The van der Waals surface area contributed by atoms with Crippen molar-refractivity contribution >= 4 is 17.3 Å². The molecule has 1 aromatic rings. The van der Waals surface area contributed by atoms with E-state index in [9.17, 15) is 14.9 Å². The van der Waals surface area contributed by atoms with Crippen molar-refractivity contribution in [2.24, 2.45) is 0 Å². The first-order valence-electron chi connectivity index (χ1n) is 6.74. The average molecular weight is 295 g/mol. The summed E-state index contributed by atoms with van der Waals surface area (Å²) in [6.45, 7) is 1.95. The summed E-state index contributed by atoms with van der Waals surface area (Å²) in [6, 6.07) is 4.23. The predicted octanol–water partition coefficient (Wildman–Crippen LogP) is 1.87. The van der Waals surface area contributed by atoms with Gasteiger partial charge in [0.15, 0.2) is 0 Å². The molecule has 0 aliphatic heterocycles. The first kappa shape index (κ1) is 16.9. The lowest BCUT2D eigenvalue weighted by Crippen LogP contribution is -2.22. The van der Waals surface area contributed by atoms with E-state index in [0.717, 1.165) is 0 Å². The molecule has 0 saturated heterocycles. The van der Waals surface area contributed by atoms with Crippen molar-refractivity contribution in [2.75, 3.05) is 26.0 Å². The van der Waals surface area contributed by atoms with Gasteiger partial charge in [-0.25, -0.2) is 0 Å². The summed E-state index contributed by atoms with van der Waals surface area (Å²) < 4.78 is 0. The van der Waals surface area contributed by atoms with Crippen LogP contribution in [0.25, 0.3) is 0 Å². The Morgan fingerprint density at radius 3 is 2.67 bits per heavy atom. The summed E-state index contributed by atoms with van der Waals surface area (Å²) >= 11 is 0. The van der Waals surface area contributed by atoms with Gasteiger partial charge < -0.3 is 15.3 Å². The summed E-state index contributed by atoms with van der Waals surface area (Å²) in [5, 5.41) is 22.9. The number of nitro groups is 1. The van der Waals surface area contributed by atoms with E-state index in [1.807, 2.05) is 6.92 Å². The molecule has 0 heterocycles. The third-order valence-corrected chi connectivity index (χ3v) is 3.04. The number of nitro benzene ring substituents is 1. The first-order chi connectivity index (χ1) is 9.86. The molecule has 116 valence electrons. The molecule has 1 atom stereocenters. The van der Waals surface area contributed by atoms with E-state index in [1.54, 1.807) is 14.1 Å². The van der Waals surface area contributed by atoms with E-state index in [4.69, 9.17) is 5.11 Å². The summed E-state index contributed by atoms with van der Waals surface area (Å²) in [4.78, 5) is 23.9. The predicted molar refractivity (Wildman–Crippen MR) is 80.5 cm³/mol. The number of aliphatic hydroxyl groups is 1. The van der Waals surface area contributed by atoms with Gasteiger partial charge in [0.1, 0.15) is 5.69 Å². The van der Waals surface area contributed by atoms with Crippen LogP contribution in [0.15, 0.2) is 18.2 Å². The van der Waals surface area contributed by atoms with Gasteiger partial charge in [0.2, 0.25) is 0 Å². The van der Waals surface area contributed by atoms with Gasteiger partial charge in [0, 0.05) is 38.4 Å². The Hall–Kier alpha value is -2.15. The molecule has 0 bridgehead atoms. The fourth-order valence-corrected chi connectivity index (χ4v) is 1.94. The van der Waals surface area contributed by atoms with Crippen LogP contribution in [-0.2, 0) is 0 Å². The van der Waals surface area contributed by atoms with Gasteiger partial charge in [0.25, 0.3) is 11.6 Å². The highest BCUT2D eigenvalue weighted by molar-refractivity contribution is 5.95. The highest BCUT2D eigenvalue weighted by atomic mass is 16.6. The molecular weight excluding hydrogens is 274 g/mol. The molecule has 0 fully saturated rings. The van der Waals surface area contributed by atoms with Crippen molar-refractivity contribution in [3.63, 3.8) is 0 Å². The highest BCUT2D eigenvalue weighted by Crippen LogP contribution is 2.27. The van der Waals surface area contributed by atoms with Crippen molar-refractivity contribution in [3.05, 3.63) is 33.9 Å². The van der Waals surface area contributed by atoms with E-state index >= 15 is 0 Å².